The van der Waals surface area contributed by atoms with Gasteiger partial charge in [-0.1, -0.05) is 24.3 Å². The zero-order chi connectivity index (χ0) is 12.8. The normalized spacial score (nSPS) is 10.1. The predicted octanol–water partition coefficient (Wildman–Crippen LogP) is 3.18. The molecule has 4 heteroatoms. The molecule has 0 fully saturated rings. The van der Waals surface area contributed by atoms with Crippen LogP contribution in [0, 0.1) is 0 Å². The molecule has 1 aromatic carbocycles. The highest BCUT2D eigenvalue weighted by molar-refractivity contribution is 6.27. The number of alkyl halides is 1. The van der Waals surface area contributed by atoms with Gasteiger partial charge in [0.15, 0.2) is 5.78 Å². The molecule has 0 aliphatic carbocycles. The molecule has 0 unspecified atom stereocenters. The first-order valence-corrected chi connectivity index (χ1v) is 6.16. The van der Waals surface area contributed by atoms with Crippen LogP contribution in [0.4, 0.5) is 11.5 Å². The molecule has 0 aliphatic heterocycles. The van der Waals surface area contributed by atoms with Gasteiger partial charge in [0, 0.05) is 18.3 Å². The molecule has 0 bridgehead atoms. The average Bonchev–Trinajstić information content (AvgIpc) is 2.42. The Morgan fingerprint density at radius 3 is 2.56 bits per heavy atom. The Hall–Kier alpha value is -1.87. The molecule has 0 aliphatic rings. The van der Waals surface area contributed by atoms with Gasteiger partial charge in [0.1, 0.15) is 5.82 Å². The predicted molar refractivity (Wildman–Crippen MR) is 73.4 cm³/mol. The number of para-hydroxylation sites is 1. The number of hydrogen-bond acceptors (Lipinski definition) is 3. The monoisotopic (exact) mass is 260 g/mol. The number of nitrogens with one attached hydrogen (secondary N) is 1. The molecule has 0 saturated carbocycles. The van der Waals surface area contributed by atoms with E-state index in [-0.39, 0.29) is 11.7 Å². The second-order valence-corrected chi connectivity index (χ2v) is 4.16. The lowest BCUT2D eigenvalue weighted by atomic mass is 10.1. The van der Waals surface area contributed by atoms with Crippen LogP contribution in [-0.4, -0.2) is 16.6 Å². The standard InChI is InChI=1S/C14H13ClN2O/c15-9-13(18)8-11-6-7-14(16-10-11)17-12-4-2-1-3-5-12/h1-7,10H,8-9H2,(H,16,17). The molecule has 2 aromatic rings. The summed E-state index contributed by atoms with van der Waals surface area (Å²) in [6.45, 7) is 0. The van der Waals surface area contributed by atoms with Crippen molar-refractivity contribution in [1.82, 2.24) is 4.98 Å². The van der Waals surface area contributed by atoms with Crippen LogP contribution >= 0.6 is 11.6 Å². The molecule has 3 nitrogen and oxygen atoms in total. The first-order chi connectivity index (χ1) is 8.78. The zero-order valence-corrected chi connectivity index (χ0v) is 10.5. The molecule has 92 valence electrons. The number of nitrogens with zero attached hydrogens (tertiary/aromatic N) is 1. The Morgan fingerprint density at radius 1 is 1.17 bits per heavy atom. The number of pyridine rings is 1. The number of carbonyl (C=O) groups is 1. The highest BCUT2D eigenvalue weighted by atomic mass is 35.5. The molecule has 0 atom stereocenters. The number of carbonyl (C=O) groups excluding carboxylic acids is 1. The summed E-state index contributed by atoms with van der Waals surface area (Å²) >= 11 is 5.46. The lowest BCUT2D eigenvalue weighted by Crippen LogP contribution is -2.04. The van der Waals surface area contributed by atoms with Gasteiger partial charge in [-0.25, -0.2) is 4.98 Å². The summed E-state index contributed by atoms with van der Waals surface area (Å²) in [5.41, 5.74) is 1.86. The van der Waals surface area contributed by atoms with Crippen LogP contribution < -0.4 is 5.32 Å². The summed E-state index contributed by atoms with van der Waals surface area (Å²) in [5.74, 6) is 0.801. The first-order valence-electron chi connectivity index (χ1n) is 5.62. The highest BCUT2D eigenvalue weighted by Crippen LogP contribution is 2.14. The lowest BCUT2D eigenvalue weighted by Gasteiger charge is -2.05. The minimum absolute atomic E-state index is 0.00207. The van der Waals surface area contributed by atoms with E-state index in [1.807, 2.05) is 42.5 Å². The number of anilines is 2. The summed E-state index contributed by atoms with van der Waals surface area (Å²) < 4.78 is 0. The van der Waals surface area contributed by atoms with Crippen LogP contribution in [0.15, 0.2) is 48.7 Å². The number of benzene rings is 1. The Morgan fingerprint density at radius 2 is 1.94 bits per heavy atom. The molecule has 0 amide bonds. The maximum absolute atomic E-state index is 11.2. The van der Waals surface area contributed by atoms with E-state index in [0.29, 0.717) is 6.42 Å². The van der Waals surface area contributed by atoms with Crippen LogP contribution in [0.5, 0.6) is 0 Å². The van der Waals surface area contributed by atoms with Crippen molar-refractivity contribution in [2.75, 3.05) is 11.2 Å². The van der Waals surface area contributed by atoms with Crippen molar-refractivity contribution >= 4 is 28.9 Å². The van der Waals surface area contributed by atoms with E-state index >= 15 is 0 Å². The molecule has 2 rings (SSSR count). The van der Waals surface area contributed by atoms with E-state index in [4.69, 9.17) is 11.6 Å². The van der Waals surface area contributed by atoms with Gasteiger partial charge in [0.2, 0.25) is 0 Å². The summed E-state index contributed by atoms with van der Waals surface area (Å²) in [6.07, 6.45) is 2.03. The van der Waals surface area contributed by atoms with Gasteiger partial charge in [-0.3, -0.25) is 4.79 Å². The third kappa shape index (κ3) is 3.57. The Balaban J connectivity index is 2.02. The molecule has 0 spiro atoms. The second-order valence-electron chi connectivity index (χ2n) is 3.89. The minimum Gasteiger partial charge on any atom is -0.340 e. The molecule has 18 heavy (non-hydrogen) atoms. The smallest absolute Gasteiger partial charge is 0.152 e. The Labute approximate surface area is 111 Å². The van der Waals surface area contributed by atoms with E-state index < -0.39 is 0 Å². The molecule has 1 aromatic heterocycles. The van der Waals surface area contributed by atoms with Crippen LogP contribution in [0.2, 0.25) is 0 Å². The Kier molecular flexibility index (Phi) is 4.31. The van der Waals surface area contributed by atoms with E-state index in [9.17, 15) is 4.79 Å². The van der Waals surface area contributed by atoms with Gasteiger partial charge in [-0.2, -0.15) is 0 Å². The molecule has 1 heterocycles. The van der Waals surface area contributed by atoms with Crippen LogP contribution in [-0.2, 0) is 11.2 Å². The number of halogens is 1. The maximum Gasteiger partial charge on any atom is 0.152 e. The van der Waals surface area contributed by atoms with Crippen molar-refractivity contribution < 1.29 is 4.79 Å². The third-order valence-electron chi connectivity index (χ3n) is 2.42. The van der Waals surface area contributed by atoms with Crippen molar-refractivity contribution in [2.24, 2.45) is 0 Å². The molecule has 0 radical (unpaired) electrons. The van der Waals surface area contributed by atoms with Crippen LogP contribution in [0.25, 0.3) is 0 Å². The largest absolute Gasteiger partial charge is 0.340 e. The summed E-state index contributed by atoms with van der Waals surface area (Å²) in [6, 6.07) is 13.5. The van der Waals surface area contributed by atoms with Crippen molar-refractivity contribution in [3.63, 3.8) is 0 Å². The topological polar surface area (TPSA) is 42.0 Å². The van der Waals surface area contributed by atoms with Gasteiger partial charge < -0.3 is 5.32 Å². The van der Waals surface area contributed by atoms with Crippen molar-refractivity contribution in [3.05, 3.63) is 54.2 Å². The van der Waals surface area contributed by atoms with Crippen molar-refractivity contribution in [1.29, 1.82) is 0 Å². The minimum atomic E-state index is 0.00207. The van der Waals surface area contributed by atoms with Crippen LogP contribution in [0.3, 0.4) is 0 Å². The van der Waals surface area contributed by atoms with E-state index in [1.165, 1.54) is 0 Å². The second kappa shape index (κ2) is 6.17. The molecule has 1 N–H and O–H groups in total. The average molecular weight is 261 g/mol. The fraction of sp³-hybridized carbons (Fsp3) is 0.143. The van der Waals surface area contributed by atoms with Crippen molar-refractivity contribution in [2.45, 2.75) is 6.42 Å². The number of Topliss-reactive ketones (excluding diaryl/α,β-unsaturated/α-hetero) is 1. The van der Waals surface area contributed by atoms with Crippen LogP contribution in [0.1, 0.15) is 5.56 Å². The lowest BCUT2D eigenvalue weighted by molar-refractivity contribution is -0.116. The zero-order valence-electron chi connectivity index (χ0n) is 9.77. The van der Waals surface area contributed by atoms with Gasteiger partial charge in [-0.15, -0.1) is 11.6 Å². The Bertz CT molecular complexity index is 511. The van der Waals surface area contributed by atoms with Gasteiger partial charge in [-0.05, 0) is 23.8 Å². The van der Waals surface area contributed by atoms with Gasteiger partial charge >= 0.3 is 0 Å². The van der Waals surface area contributed by atoms with E-state index in [1.54, 1.807) is 6.20 Å². The number of hydrogen-bond donors (Lipinski definition) is 1. The molecular formula is C14H13ClN2O. The van der Waals surface area contributed by atoms with Crippen molar-refractivity contribution in [3.8, 4) is 0 Å². The fourth-order valence-electron chi connectivity index (χ4n) is 1.55. The maximum atomic E-state index is 11.2. The van der Waals surface area contributed by atoms with E-state index in [2.05, 4.69) is 10.3 Å². The third-order valence-corrected chi connectivity index (χ3v) is 2.72. The van der Waals surface area contributed by atoms with Gasteiger partial charge in [0.25, 0.3) is 0 Å². The summed E-state index contributed by atoms with van der Waals surface area (Å²) in [5, 5.41) is 3.18. The van der Waals surface area contributed by atoms with Gasteiger partial charge in [0.05, 0.1) is 5.88 Å². The quantitative estimate of drug-likeness (QED) is 0.840. The molecule has 0 saturated heterocycles. The summed E-state index contributed by atoms with van der Waals surface area (Å²) in [4.78, 5) is 15.4. The SMILES string of the molecule is O=C(CCl)Cc1ccc(Nc2ccccc2)nc1. The van der Waals surface area contributed by atoms with E-state index in [0.717, 1.165) is 17.1 Å². The fourth-order valence-corrected chi connectivity index (χ4v) is 1.64. The number of rotatable bonds is 5. The number of ketones is 1. The number of aromatic nitrogens is 1. The first kappa shape index (κ1) is 12.6. The molecular weight excluding hydrogens is 248 g/mol. The highest BCUT2D eigenvalue weighted by Gasteiger charge is 2.02. The summed E-state index contributed by atoms with van der Waals surface area (Å²) in [7, 11) is 0.